The highest BCUT2D eigenvalue weighted by atomic mass is 35.9. The van der Waals surface area contributed by atoms with Crippen LogP contribution in [0.3, 0.4) is 0 Å². The van der Waals surface area contributed by atoms with Gasteiger partial charge in [0.15, 0.2) is 5.56 Å². The highest BCUT2D eigenvalue weighted by molar-refractivity contribution is 8.11. The van der Waals surface area contributed by atoms with E-state index in [1.165, 1.54) is 0 Å². The minimum absolute atomic E-state index is 0.267. The number of alkyl halides is 3. The molecule has 0 saturated heterocycles. The summed E-state index contributed by atoms with van der Waals surface area (Å²) in [5.74, 6) is -3.74. The van der Waals surface area contributed by atoms with E-state index < -0.39 is 15.5 Å². The molecular weight excluding hydrogens is 288 g/mol. The first kappa shape index (κ1) is 13.6. The minimum atomic E-state index is -3.74. The van der Waals surface area contributed by atoms with E-state index in [0.717, 1.165) is 0 Å². The fourth-order valence-corrected chi connectivity index (χ4v) is 2.17. The van der Waals surface area contributed by atoms with Crippen molar-refractivity contribution in [3.8, 4) is 0 Å². The van der Waals surface area contributed by atoms with Crippen LogP contribution in [0.2, 0.25) is 0 Å². The van der Waals surface area contributed by atoms with E-state index >= 15 is 0 Å². The SMILES string of the molecule is CCOC(Cl)C(Cl)(Cl)P(=O)(Cl)Cl. The Morgan fingerprint density at radius 2 is 1.92 bits per heavy atom. The second kappa shape index (κ2) is 4.93. The summed E-state index contributed by atoms with van der Waals surface area (Å²) in [6, 6.07) is 0. The van der Waals surface area contributed by atoms with Gasteiger partial charge in [-0.2, -0.15) is 0 Å². The van der Waals surface area contributed by atoms with E-state index in [-0.39, 0.29) is 6.61 Å². The van der Waals surface area contributed by atoms with Gasteiger partial charge >= 0.3 is 0 Å². The fraction of sp³-hybridized carbons (Fsp3) is 1.00. The summed E-state index contributed by atoms with van der Waals surface area (Å²) in [6.45, 7) is 1.94. The van der Waals surface area contributed by atoms with Gasteiger partial charge in [-0.25, -0.2) is 0 Å². The molecule has 0 aliphatic heterocycles. The van der Waals surface area contributed by atoms with Crippen LogP contribution >= 0.6 is 63.1 Å². The first-order valence-electron chi connectivity index (χ1n) is 2.86. The third kappa shape index (κ3) is 3.42. The molecule has 0 rings (SSSR count). The number of ether oxygens (including phenoxy) is 1. The molecule has 0 bridgehead atoms. The number of rotatable bonds is 4. The first-order valence-corrected chi connectivity index (χ1v) is 7.57. The molecule has 0 radical (unpaired) electrons. The Kier molecular flexibility index (Phi) is 5.60. The molecule has 0 spiro atoms. The predicted octanol–water partition coefficient (Wildman–Crippen LogP) is 4.39. The van der Waals surface area contributed by atoms with Crippen molar-refractivity contribution < 1.29 is 9.30 Å². The molecule has 8 heteroatoms. The van der Waals surface area contributed by atoms with Crippen LogP contribution in [0.15, 0.2) is 0 Å². The summed E-state index contributed by atoms with van der Waals surface area (Å²) in [4.78, 5) is 0. The average molecular weight is 294 g/mol. The van der Waals surface area contributed by atoms with E-state index in [1.807, 2.05) is 0 Å². The van der Waals surface area contributed by atoms with Crippen LogP contribution in [-0.2, 0) is 9.30 Å². The Balaban J connectivity index is 4.50. The van der Waals surface area contributed by atoms with Gasteiger partial charge in [0, 0.05) is 6.61 Å². The van der Waals surface area contributed by atoms with E-state index in [9.17, 15) is 4.57 Å². The van der Waals surface area contributed by atoms with Gasteiger partial charge in [-0.1, -0.05) is 34.8 Å². The maximum Gasteiger partial charge on any atom is 0.291 e. The molecule has 0 heterocycles. The molecule has 12 heavy (non-hydrogen) atoms. The first-order chi connectivity index (χ1) is 5.23. The quantitative estimate of drug-likeness (QED) is 0.568. The minimum Gasteiger partial charge on any atom is -0.359 e. The largest absolute Gasteiger partial charge is 0.359 e. The lowest BCUT2D eigenvalue weighted by Gasteiger charge is -2.24. The highest BCUT2D eigenvalue weighted by Gasteiger charge is 2.50. The topological polar surface area (TPSA) is 26.3 Å². The average Bonchev–Trinajstić information content (AvgIpc) is 1.85. The molecule has 0 fully saturated rings. The second-order valence-corrected chi connectivity index (χ2v) is 9.14. The van der Waals surface area contributed by atoms with Crippen LogP contribution < -0.4 is 0 Å². The second-order valence-electron chi connectivity index (χ2n) is 1.82. The predicted molar refractivity (Wildman–Crippen MR) is 55.0 cm³/mol. The Morgan fingerprint density at radius 3 is 2.17 bits per heavy atom. The molecule has 0 aromatic heterocycles. The van der Waals surface area contributed by atoms with Gasteiger partial charge in [-0.3, -0.25) is 4.57 Å². The lowest BCUT2D eigenvalue weighted by molar-refractivity contribution is 0.122. The molecule has 0 aromatic carbocycles. The Hall–Kier alpha value is 1.64. The van der Waals surface area contributed by atoms with E-state index in [1.54, 1.807) is 6.92 Å². The third-order valence-corrected chi connectivity index (χ3v) is 7.15. The highest BCUT2D eigenvalue weighted by Crippen LogP contribution is 2.72. The van der Waals surface area contributed by atoms with Crippen molar-refractivity contribution in [1.29, 1.82) is 0 Å². The molecule has 0 aliphatic rings. The fourth-order valence-electron chi connectivity index (χ4n) is 0.365. The van der Waals surface area contributed by atoms with Gasteiger partial charge in [-0.15, -0.1) is 0 Å². The molecular formula is C4H6Cl5O2P. The summed E-state index contributed by atoms with van der Waals surface area (Å²) in [6.07, 6.45) is 0. The Bertz CT molecular complexity index is 190. The van der Waals surface area contributed by atoms with Crippen molar-refractivity contribution in [1.82, 2.24) is 0 Å². The maximum absolute atomic E-state index is 11.1. The van der Waals surface area contributed by atoms with Gasteiger partial charge in [0.25, 0.3) is 5.85 Å². The molecule has 0 aromatic rings. The van der Waals surface area contributed by atoms with Gasteiger partial charge in [0.2, 0.25) is 4.07 Å². The van der Waals surface area contributed by atoms with Gasteiger partial charge in [0.05, 0.1) is 0 Å². The molecule has 2 nitrogen and oxygen atoms in total. The lowest BCUT2D eigenvalue weighted by Crippen LogP contribution is -2.26. The molecule has 74 valence electrons. The van der Waals surface area contributed by atoms with Crippen LogP contribution in [0.5, 0.6) is 0 Å². The number of hydrogen-bond donors (Lipinski definition) is 0. The molecule has 0 aliphatic carbocycles. The van der Waals surface area contributed by atoms with Crippen molar-refractivity contribution in [3.05, 3.63) is 0 Å². The molecule has 0 N–H and O–H groups in total. The van der Waals surface area contributed by atoms with Crippen LogP contribution in [0.4, 0.5) is 0 Å². The smallest absolute Gasteiger partial charge is 0.291 e. The van der Waals surface area contributed by atoms with Crippen molar-refractivity contribution in [2.45, 2.75) is 16.6 Å². The Labute approximate surface area is 95.3 Å². The third-order valence-electron chi connectivity index (χ3n) is 0.933. The normalized spacial score (nSPS) is 16.2. The van der Waals surface area contributed by atoms with Crippen LogP contribution in [-0.4, -0.2) is 16.2 Å². The molecule has 0 saturated carbocycles. The zero-order valence-electron chi connectivity index (χ0n) is 5.94. The molecule has 0 amide bonds. The van der Waals surface area contributed by atoms with Gasteiger partial charge in [0.1, 0.15) is 0 Å². The van der Waals surface area contributed by atoms with E-state index in [2.05, 4.69) is 0 Å². The lowest BCUT2D eigenvalue weighted by atomic mass is 10.8. The molecule has 1 unspecified atom stereocenters. The Morgan fingerprint density at radius 1 is 1.50 bits per heavy atom. The van der Waals surface area contributed by atoms with Crippen molar-refractivity contribution in [3.63, 3.8) is 0 Å². The number of halogens is 5. The van der Waals surface area contributed by atoms with E-state index in [4.69, 9.17) is 62.0 Å². The van der Waals surface area contributed by atoms with Crippen molar-refractivity contribution >= 4 is 63.1 Å². The standard InChI is InChI=1S/C4H6Cl5O2P/c1-2-11-3(5)4(6,7)12(8,9)10/h3H,2H2,1H3. The zero-order valence-corrected chi connectivity index (χ0v) is 10.6. The van der Waals surface area contributed by atoms with E-state index in [0.29, 0.717) is 0 Å². The summed E-state index contributed by atoms with van der Waals surface area (Å²) in [5, 5.41) is 0. The summed E-state index contributed by atoms with van der Waals surface area (Å²) in [7, 11) is 0. The summed E-state index contributed by atoms with van der Waals surface area (Å²) < 4.78 is 13.9. The van der Waals surface area contributed by atoms with Crippen LogP contribution in [0.1, 0.15) is 6.92 Å². The maximum atomic E-state index is 11.1. The summed E-state index contributed by atoms with van der Waals surface area (Å²) in [5.41, 5.74) is -1.20. The van der Waals surface area contributed by atoms with Gasteiger partial charge in [-0.05, 0) is 29.4 Å². The number of hydrogen-bond acceptors (Lipinski definition) is 2. The zero-order chi connectivity index (χ0) is 9.99. The van der Waals surface area contributed by atoms with Gasteiger partial charge < -0.3 is 4.74 Å². The van der Waals surface area contributed by atoms with Crippen LogP contribution in [0, 0.1) is 0 Å². The van der Waals surface area contributed by atoms with Crippen molar-refractivity contribution in [2.75, 3.05) is 6.61 Å². The molecule has 1 atom stereocenters. The van der Waals surface area contributed by atoms with Crippen LogP contribution in [0.25, 0.3) is 0 Å². The monoisotopic (exact) mass is 292 g/mol. The van der Waals surface area contributed by atoms with Crippen molar-refractivity contribution in [2.24, 2.45) is 0 Å². The summed E-state index contributed by atoms with van der Waals surface area (Å²) >= 11 is 27.1.